The molecule has 0 saturated heterocycles. The van der Waals surface area contributed by atoms with Crippen molar-refractivity contribution in [1.82, 2.24) is 4.57 Å². The van der Waals surface area contributed by atoms with Crippen molar-refractivity contribution in [2.45, 2.75) is 6.10 Å². The molecule has 1 aromatic heterocycles. The summed E-state index contributed by atoms with van der Waals surface area (Å²) in [6.07, 6.45) is 0.508. The maximum atomic E-state index is 14.4. The van der Waals surface area contributed by atoms with Gasteiger partial charge in [-0.25, -0.2) is 4.39 Å². The Morgan fingerprint density at radius 2 is 2.04 bits per heavy atom. The smallest absolute Gasteiger partial charge is 0.253 e. The van der Waals surface area contributed by atoms with Crippen molar-refractivity contribution in [1.29, 1.82) is 0 Å². The van der Waals surface area contributed by atoms with Crippen molar-refractivity contribution >= 4 is 45.4 Å². The number of aromatic nitrogens is 1. The fourth-order valence-corrected chi connectivity index (χ4v) is 3.46. The molecule has 1 atom stereocenters. The van der Waals surface area contributed by atoms with Gasteiger partial charge in [0.2, 0.25) is 0 Å². The lowest BCUT2D eigenvalue weighted by Crippen LogP contribution is -2.29. The third-order valence-corrected chi connectivity index (χ3v) is 5.17. The van der Waals surface area contributed by atoms with E-state index in [0.717, 1.165) is 3.57 Å². The lowest BCUT2D eigenvalue weighted by Gasteiger charge is -2.31. The third kappa shape index (κ3) is 3.52. The molecule has 2 heterocycles. The molecular weight excluding hydrogens is 464 g/mol. The molecule has 1 aliphatic rings. The summed E-state index contributed by atoms with van der Waals surface area (Å²) in [7, 11) is 3.30. The molecule has 0 spiro atoms. The first-order valence-electron chi connectivity index (χ1n) is 8.13. The average molecular weight is 483 g/mol. The fraction of sp³-hybridized carbons (Fsp3) is 0.211. The van der Waals surface area contributed by atoms with Gasteiger partial charge in [0, 0.05) is 41.1 Å². The van der Waals surface area contributed by atoms with Gasteiger partial charge >= 0.3 is 0 Å². The second-order valence-corrected chi connectivity index (χ2v) is 7.52. The Morgan fingerprint density at radius 1 is 1.33 bits per heavy atom. The molecule has 0 unspecified atom stereocenters. The summed E-state index contributed by atoms with van der Waals surface area (Å²) in [5.74, 6) is -0.0990. The van der Waals surface area contributed by atoms with E-state index >= 15 is 0 Å². The molecule has 8 heteroatoms. The summed E-state index contributed by atoms with van der Waals surface area (Å²) in [5, 5.41) is 22.4. The zero-order chi connectivity index (χ0) is 19.9. The molecule has 3 rings (SSSR count). The number of benzene rings is 1. The molecule has 2 aromatic rings. The molecule has 6 nitrogen and oxygen atoms in total. The standard InChI is InChI=1S/C19H19FIN3O3/c1-10-12(16(26)9-25)8-23(2)15-7-17(27)24(3)19(18(10)15)22-14-5-4-11(21)6-13(14)20/h4-8,16,22,25-26H,1,9H2,2-3H3/t16-/m1/s1. The van der Waals surface area contributed by atoms with E-state index in [1.807, 2.05) is 22.6 Å². The van der Waals surface area contributed by atoms with Crippen molar-refractivity contribution < 1.29 is 14.6 Å². The molecule has 0 bridgehead atoms. The van der Waals surface area contributed by atoms with E-state index < -0.39 is 18.5 Å². The quantitative estimate of drug-likeness (QED) is 0.583. The lowest BCUT2D eigenvalue weighted by atomic mass is 9.92. The molecule has 0 aliphatic carbocycles. The predicted octanol–water partition coefficient (Wildman–Crippen LogP) is 2.57. The van der Waals surface area contributed by atoms with E-state index in [1.54, 1.807) is 37.3 Å². The molecule has 1 aromatic carbocycles. The van der Waals surface area contributed by atoms with Gasteiger partial charge in [0.1, 0.15) is 17.7 Å². The summed E-state index contributed by atoms with van der Waals surface area (Å²) in [5.41, 5.74) is 1.95. The summed E-state index contributed by atoms with van der Waals surface area (Å²) >= 11 is 2.02. The summed E-state index contributed by atoms with van der Waals surface area (Å²) in [6, 6.07) is 6.18. The summed E-state index contributed by atoms with van der Waals surface area (Å²) < 4.78 is 16.5. The van der Waals surface area contributed by atoms with Crippen LogP contribution in [0.5, 0.6) is 0 Å². The zero-order valence-electron chi connectivity index (χ0n) is 14.8. The minimum atomic E-state index is -1.12. The molecule has 142 valence electrons. The Kier molecular flexibility index (Phi) is 5.41. The van der Waals surface area contributed by atoms with E-state index in [2.05, 4.69) is 11.9 Å². The second-order valence-electron chi connectivity index (χ2n) is 6.27. The van der Waals surface area contributed by atoms with Crippen LogP contribution in [0.25, 0.3) is 5.57 Å². The van der Waals surface area contributed by atoms with E-state index in [4.69, 9.17) is 0 Å². The SMILES string of the molecule is C=C1C([C@H](O)CO)=CN(C)c2cc(=O)n(C)c(Nc3ccc(I)cc3F)c21. The first-order chi connectivity index (χ1) is 12.7. The number of anilines is 3. The van der Waals surface area contributed by atoms with Crippen LogP contribution in [-0.2, 0) is 7.05 Å². The van der Waals surface area contributed by atoms with E-state index in [1.165, 1.54) is 16.7 Å². The number of nitrogens with zero attached hydrogens (tertiary/aromatic N) is 2. The van der Waals surface area contributed by atoms with E-state index in [-0.39, 0.29) is 11.2 Å². The van der Waals surface area contributed by atoms with Crippen molar-refractivity contribution in [3.63, 3.8) is 0 Å². The van der Waals surface area contributed by atoms with Crippen LogP contribution in [0.2, 0.25) is 0 Å². The molecule has 0 fully saturated rings. The number of aliphatic hydroxyl groups excluding tert-OH is 2. The number of hydrogen-bond acceptors (Lipinski definition) is 5. The first kappa shape index (κ1) is 19.6. The minimum absolute atomic E-state index is 0.216. The van der Waals surface area contributed by atoms with Crippen molar-refractivity contribution in [2.75, 3.05) is 23.9 Å². The Morgan fingerprint density at radius 3 is 2.67 bits per heavy atom. The van der Waals surface area contributed by atoms with Crippen molar-refractivity contribution in [3.05, 3.63) is 67.9 Å². The lowest BCUT2D eigenvalue weighted by molar-refractivity contribution is 0.125. The molecule has 0 radical (unpaired) electrons. The maximum absolute atomic E-state index is 14.4. The summed E-state index contributed by atoms with van der Waals surface area (Å²) in [6.45, 7) is 3.57. The van der Waals surface area contributed by atoms with Crippen LogP contribution < -0.4 is 15.8 Å². The van der Waals surface area contributed by atoms with Crippen molar-refractivity contribution in [2.24, 2.45) is 7.05 Å². The van der Waals surface area contributed by atoms with E-state index in [0.29, 0.717) is 28.2 Å². The predicted molar refractivity (Wildman–Crippen MR) is 113 cm³/mol. The van der Waals surface area contributed by atoms with Gasteiger partial charge in [-0.05, 0) is 46.4 Å². The zero-order valence-corrected chi connectivity index (χ0v) is 17.0. The number of hydrogen-bond donors (Lipinski definition) is 3. The fourth-order valence-electron chi connectivity index (χ4n) is 3.01. The molecule has 0 amide bonds. The van der Waals surface area contributed by atoms with Gasteiger partial charge in [-0.1, -0.05) is 6.58 Å². The van der Waals surface area contributed by atoms with Crippen LogP contribution in [0, 0.1) is 9.39 Å². The van der Waals surface area contributed by atoms with Crippen molar-refractivity contribution in [3.8, 4) is 0 Å². The Bertz CT molecular complexity index is 1020. The molecular formula is C19H19FIN3O3. The second kappa shape index (κ2) is 7.45. The van der Waals surface area contributed by atoms with Gasteiger partial charge in [-0.2, -0.15) is 0 Å². The number of rotatable bonds is 4. The number of fused-ring (bicyclic) bond motifs is 1. The van der Waals surface area contributed by atoms with Gasteiger partial charge < -0.3 is 20.4 Å². The van der Waals surface area contributed by atoms with E-state index in [9.17, 15) is 19.4 Å². The maximum Gasteiger partial charge on any atom is 0.253 e. The Balaban J connectivity index is 2.20. The molecule has 3 N–H and O–H groups in total. The summed E-state index contributed by atoms with van der Waals surface area (Å²) in [4.78, 5) is 14.1. The minimum Gasteiger partial charge on any atom is -0.393 e. The number of halogens is 2. The van der Waals surface area contributed by atoms with Crippen LogP contribution in [0.3, 0.4) is 0 Å². The van der Waals surface area contributed by atoms with Gasteiger partial charge in [-0.15, -0.1) is 0 Å². The van der Waals surface area contributed by atoms with Gasteiger partial charge in [0.15, 0.2) is 0 Å². The Hall–Kier alpha value is -2.17. The van der Waals surface area contributed by atoms with Crippen LogP contribution in [0.15, 0.2) is 47.4 Å². The van der Waals surface area contributed by atoms with Gasteiger partial charge in [0.05, 0.1) is 18.0 Å². The normalized spacial score (nSPS) is 14.7. The highest BCUT2D eigenvalue weighted by Crippen LogP contribution is 2.41. The highest BCUT2D eigenvalue weighted by atomic mass is 127. The topological polar surface area (TPSA) is 77.7 Å². The number of pyridine rings is 1. The molecule has 1 aliphatic heterocycles. The Labute approximate surface area is 169 Å². The largest absolute Gasteiger partial charge is 0.393 e. The highest BCUT2D eigenvalue weighted by Gasteiger charge is 2.28. The van der Waals surface area contributed by atoms with Crippen LogP contribution in [0.4, 0.5) is 21.6 Å². The third-order valence-electron chi connectivity index (χ3n) is 4.50. The highest BCUT2D eigenvalue weighted by molar-refractivity contribution is 14.1. The van der Waals surface area contributed by atoms with Crippen LogP contribution in [-0.4, -0.2) is 34.5 Å². The van der Waals surface area contributed by atoms with Gasteiger partial charge in [0.25, 0.3) is 5.56 Å². The first-order valence-corrected chi connectivity index (χ1v) is 9.21. The number of aliphatic hydroxyl groups is 2. The van der Waals surface area contributed by atoms with Crippen LogP contribution >= 0.6 is 22.6 Å². The average Bonchev–Trinajstić information content (AvgIpc) is 2.63. The molecule has 27 heavy (non-hydrogen) atoms. The monoisotopic (exact) mass is 483 g/mol. The number of nitrogens with one attached hydrogen (secondary N) is 1. The molecule has 0 saturated carbocycles. The van der Waals surface area contributed by atoms with Gasteiger partial charge in [-0.3, -0.25) is 9.36 Å². The van der Waals surface area contributed by atoms with Crippen LogP contribution in [0.1, 0.15) is 5.56 Å².